The van der Waals surface area contributed by atoms with Crippen molar-refractivity contribution >= 4 is 38.9 Å². The smallest absolute Gasteiger partial charge is 0.257 e. The molecule has 0 aromatic heterocycles. The van der Waals surface area contributed by atoms with Crippen LogP contribution in [0.15, 0.2) is 54.6 Å². The average Bonchev–Trinajstić information content (AvgIpc) is 2.76. The number of sulfonamides is 1. The Kier molecular flexibility index (Phi) is 7.74. The quantitative estimate of drug-likeness (QED) is 0.458. The van der Waals surface area contributed by atoms with Crippen molar-refractivity contribution < 1.29 is 22.7 Å². The van der Waals surface area contributed by atoms with Crippen molar-refractivity contribution in [1.82, 2.24) is 0 Å². The molecule has 0 saturated heterocycles. The van der Waals surface area contributed by atoms with E-state index in [2.05, 4.69) is 5.32 Å². The van der Waals surface area contributed by atoms with Crippen LogP contribution in [0.4, 0.5) is 11.4 Å². The number of rotatable bonds is 8. The Morgan fingerprint density at radius 3 is 2.03 bits per heavy atom. The fraction of sp³-hybridized carbons (Fsp3) is 0.240. The molecule has 3 aromatic rings. The van der Waals surface area contributed by atoms with Crippen LogP contribution in [-0.2, 0) is 16.6 Å². The van der Waals surface area contributed by atoms with Gasteiger partial charge in [-0.3, -0.25) is 9.10 Å². The molecule has 34 heavy (non-hydrogen) atoms. The molecule has 0 spiro atoms. The monoisotopic (exact) mass is 502 g/mol. The average molecular weight is 503 g/mol. The Morgan fingerprint density at radius 2 is 1.50 bits per heavy atom. The summed E-state index contributed by atoms with van der Waals surface area (Å²) < 4.78 is 37.7. The Morgan fingerprint density at radius 1 is 0.941 bits per heavy atom. The highest BCUT2D eigenvalue weighted by Crippen LogP contribution is 2.37. The zero-order chi connectivity index (χ0) is 25.0. The van der Waals surface area contributed by atoms with Crippen LogP contribution < -0.4 is 19.1 Å². The number of ether oxygens (including phenoxy) is 2. The van der Waals surface area contributed by atoms with Crippen LogP contribution in [0.5, 0.6) is 11.5 Å². The van der Waals surface area contributed by atoms with Crippen LogP contribution in [0.1, 0.15) is 27.0 Å². The van der Waals surface area contributed by atoms with E-state index in [9.17, 15) is 13.2 Å². The second-order valence-electron chi connectivity index (χ2n) is 7.95. The maximum atomic E-state index is 13.4. The summed E-state index contributed by atoms with van der Waals surface area (Å²) in [7, 11) is -0.894. The molecule has 1 amide bonds. The Bertz CT molecular complexity index is 1290. The summed E-state index contributed by atoms with van der Waals surface area (Å²) in [6.07, 6.45) is 1.09. The van der Waals surface area contributed by atoms with Gasteiger partial charge in [0.15, 0.2) is 11.5 Å². The summed E-state index contributed by atoms with van der Waals surface area (Å²) in [5.74, 6) is 0.118. The first-order chi connectivity index (χ1) is 16.0. The van der Waals surface area contributed by atoms with Gasteiger partial charge >= 0.3 is 0 Å². The highest BCUT2D eigenvalue weighted by molar-refractivity contribution is 7.92. The lowest BCUT2D eigenvalue weighted by Crippen LogP contribution is -2.31. The molecule has 9 heteroatoms. The fourth-order valence-electron chi connectivity index (χ4n) is 3.64. The van der Waals surface area contributed by atoms with Gasteiger partial charge in [0, 0.05) is 16.8 Å². The molecule has 0 aliphatic carbocycles. The minimum atomic E-state index is -3.79. The summed E-state index contributed by atoms with van der Waals surface area (Å²) in [6, 6.07) is 15.5. The van der Waals surface area contributed by atoms with Gasteiger partial charge in [-0.15, -0.1) is 0 Å². The Hall–Kier alpha value is -3.23. The number of halogens is 1. The van der Waals surface area contributed by atoms with Gasteiger partial charge in [0.05, 0.1) is 38.3 Å². The van der Waals surface area contributed by atoms with E-state index >= 15 is 0 Å². The zero-order valence-corrected chi connectivity index (χ0v) is 21.3. The maximum Gasteiger partial charge on any atom is 0.257 e. The SMILES string of the molecule is COc1cc(C(=O)Nc2cc(C)cc(C)c2)c(N(Cc2ccc(Cl)cc2)S(C)(=O)=O)cc1OC. The number of nitrogens with one attached hydrogen (secondary N) is 1. The van der Waals surface area contributed by atoms with E-state index in [0.717, 1.165) is 21.7 Å². The molecule has 1 N–H and O–H groups in total. The van der Waals surface area contributed by atoms with E-state index in [-0.39, 0.29) is 17.8 Å². The third-order valence-electron chi connectivity index (χ3n) is 5.13. The summed E-state index contributed by atoms with van der Waals surface area (Å²) in [4.78, 5) is 13.4. The van der Waals surface area contributed by atoms with Gasteiger partial charge in [-0.25, -0.2) is 8.42 Å². The number of methoxy groups -OCH3 is 2. The van der Waals surface area contributed by atoms with Gasteiger partial charge in [-0.05, 0) is 60.9 Å². The van der Waals surface area contributed by atoms with Crippen molar-refractivity contribution in [3.63, 3.8) is 0 Å². The molecule has 0 aliphatic rings. The minimum absolute atomic E-state index is 0.00464. The second kappa shape index (κ2) is 10.4. The van der Waals surface area contributed by atoms with Gasteiger partial charge in [0.25, 0.3) is 5.91 Å². The topological polar surface area (TPSA) is 84.9 Å². The number of hydrogen-bond donors (Lipinski definition) is 1. The van der Waals surface area contributed by atoms with Gasteiger partial charge in [-0.1, -0.05) is 29.8 Å². The molecular weight excluding hydrogens is 476 g/mol. The maximum absolute atomic E-state index is 13.4. The zero-order valence-electron chi connectivity index (χ0n) is 19.7. The molecular formula is C25H27ClN2O5S. The van der Waals surface area contributed by atoms with Crippen molar-refractivity contribution in [2.75, 3.05) is 30.1 Å². The van der Waals surface area contributed by atoms with E-state index < -0.39 is 15.9 Å². The summed E-state index contributed by atoms with van der Waals surface area (Å²) in [5, 5.41) is 3.41. The predicted molar refractivity (Wildman–Crippen MR) is 136 cm³/mol. The first kappa shape index (κ1) is 25.4. The van der Waals surface area contributed by atoms with Gasteiger partial charge in [-0.2, -0.15) is 0 Å². The molecule has 0 bridgehead atoms. The Balaban J connectivity index is 2.14. The van der Waals surface area contributed by atoms with Crippen molar-refractivity contribution in [2.24, 2.45) is 0 Å². The molecule has 0 radical (unpaired) electrons. The molecule has 0 unspecified atom stereocenters. The predicted octanol–water partition coefficient (Wildman–Crippen LogP) is 5.19. The first-order valence-corrected chi connectivity index (χ1v) is 12.6. The van der Waals surface area contributed by atoms with Crippen LogP contribution in [0.3, 0.4) is 0 Å². The van der Waals surface area contributed by atoms with Crippen LogP contribution >= 0.6 is 11.6 Å². The lowest BCUT2D eigenvalue weighted by atomic mass is 10.1. The van der Waals surface area contributed by atoms with Crippen LogP contribution in [-0.4, -0.2) is 34.8 Å². The third-order valence-corrected chi connectivity index (χ3v) is 6.51. The molecule has 0 atom stereocenters. The van der Waals surface area contributed by atoms with Crippen molar-refractivity contribution in [3.8, 4) is 11.5 Å². The number of amides is 1. The normalized spacial score (nSPS) is 11.1. The lowest BCUT2D eigenvalue weighted by Gasteiger charge is -2.26. The van der Waals surface area contributed by atoms with Gasteiger partial charge < -0.3 is 14.8 Å². The largest absolute Gasteiger partial charge is 0.493 e. The summed E-state index contributed by atoms with van der Waals surface area (Å²) in [5.41, 5.74) is 3.57. The Labute approximate surface area is 205 Å². The highest BCUT2D eigenvalue weighted by Gasteiger charge is 2.26. The number of anilines is 2. The van der Waals surface area contributed by atoms with Crippen molar-refractivity contribution in [3.05, 3.63) is 81.9 Å². The molecule has 3 aromatic carbocycles. The van der Waals surface area contributed by atoms with Crippen LogP contribution in [0.25, 0.3) is 0 Å². The molecule has 0 saturated carbocycles. The molecule has 0 heterocycles. The van der Waals surface area contributed by atoms with E-state index in [1.807, 2.05) is 32.0 Å². The van der Waals surface area contributed by atoms with E-state index in [1.54, 1.807) is 24.3 Å². The van der Waals surface area contributed by atoms with Crippen molar-refractivity contribution in [2.45, 2.75) is 20.4 Å². The lowest BCUT2D eigenvalue weighted by molar-refractivity contribution is 0.102. The molecule has 7 nitrogen and oxygen atoms in total. The van der Waals surface area contributed by atoms with E-state index in [1.165, 1.54) is 26.4 Å². The fourth-order valence-corrected chi connectivity index (χ4v) is 4.66. The standard InChI is InChI=1S/C25H27ClN2O5S/c1-16-10-17(2)12-20(11-16)27-25(29)21-13-23(32-3)24(33-4)14-22(21)28(34(5,30)31)15-18-6-8-19(26)9-7-18/h6-14H,15H2,1-5H3,(H,27,29). The number of benzene rings is 3. The molecule has 0 aliphatic heterocycles. The van der Waals surface area contributed by atoms with Crippen molar-refractivity contribution in [1.29, 1.82) is 0 Å². The van der Waals surface area contributed by atoms with Gasteiger partial charge in [0.1, 0.15) is 0 Å². The molecule has 3 rings (SSSR count). The van der Waals surface area contributed by atoms with E-state index in [0.29, 0.717) is 27.8 Å². The highest BCUT2D eigenvalue weighted by atomic mass is 35.5. The second-order valence-corrected chi connectivity index (χ2v) is 10.3. The first-order valence-electron chi connectivity index (χ1n) is 10.4. The van der Waals surface area contributed by atoms with Crippen LogP contribution in [0.2, 0.25) is 5.02 Å². The molecule has 180 valence electrons. The molecule has 0 fully saturated rings. The van der Waals surface area contributed by atoms with Crippen LogP contribution in [0, 0.1) is 13.8 Å². The van der Waals surface area contributed by atoms with E-state index in [4.69, 9.17) is 21.1 Å². The number of aryl methyl sites for hydroxylation is 2. The summed E-state index contributed by atoms with van der Waals surface area (Å²) >= 11 is 5.98. The number of hydrogen-bond acceptors (Lipinski definition) is 5. The number of carbonyl (C=O) groups excluding carboxylic acids is 1. The third kappa shape index (κ3) is 6.01. The summed E-state index contributed by atoms with van der Waals surface area (Å²) in [6.45, 7) is 3.86. The minimum Gasteiger partial charge on any atom is -0.493 e. The number of carbonyl (C=O) groups is 1. The van der Waals surface area contributed by atoms with Gasteiger partial charge in [0.2, 0.25) is 10.0 Å². The number of nitrogens with zero attached hydrogens (tertiary/aromatic N) is 1.